The molecule has 1 aromatic heterocycles. The van der Waals surface area contributed by atoms with Crippen molar-refractivity contribution in [1.82, 2.24) is 9.97 Å². The minimum absolute atomic E-state index is 0.464. The smallest absolute Gasteiger partial charge is 0.225 e. The lowest BCUT2D eigenvalue weighted by Gasteiger charge is -2.09. The Hall–Kier alpha value is -0.490. The quantitative estimate of drug-likeness (QED) is 0.824. The average molecular weight is 277 g/mol. The third-order valence-corrected chi connectivity index (χ3v) is 3.04. The second-order valence-corrected chi connectivity index (χ2v) is 4.95. The maximum absolute atomic E-state index is 5.57. The van der Waals surface area contributed by atoms with Crippen LogP contribution in [0.5, 0.6) is 0 Å². The largest absolute Gasteiger partial charge is 0.383 e. The number of anilines is 2. The number of rotatable bonds is 4. The molecule has 1 atom stereocenters. The molecule has 4 nitrogen and oxygen atoms in total. The third kappa shape index (κ3) is 3.71. The van der Waals surface area contributed by atoms with Crippen molar-refractivity contribution in [3.63, 3.8) is 0 Å². The highest BCUT2D eigenvalue weighted by atomic mass is 79.9. The van der Waals surface area contributed by atoms with E-state index in [1.807, 2.05) is 0 Å². The van der Waals surface area contributed by atoms with E-state index in [0.717, 1.165) is 6.54 Å². The van der Waals surface area contributed by atoms with Gasteiger partial charge in [-0.15, -0.1) is 0 Å². The maximum Gasteiger partial charge on any atom is 0.225 e. The van der Waals surface area contributed by atoms with Gasteiger partial charge in [-0.2, -0.15) is 16.7 Å². The lowest BCUT2D eigenvalue weighted by Crippen LogP contribution is -2.15. The molecule has 1 rings (SSSR count). The van der Waals surface area contributed by atoms with E-state index in [-0.39, 0.29) is 0 Å². The van der Waals surface area contributed by atoms with E-state index in [2.05, 4.69) is 44.4 Å². The van der Waals surface area contributed by atoms with Crippen molar-refractivity contribution in [1.29, 1.82) is 0 Å². The third-order valence-electron chi connectivity index (χ3n) is 1.66. The number of hydrogen-bond donors (Lipinski definition) is 2. The molecule has 0 bridgehead atoms. The van der Waals surface area contributed by atoms with E-state index in [0.29, 0.717) is 21.6 Å². The van der Waals surface area contributed by atoms with Gasteiger partial charge >= 0.3 is 0 Å². The monoisotopic (exact) mass is 276 g/mol. The van der Waals surface area contributed by atoms with E-state index in [9.17, 15) is 0 Å². The van der Waals surface area contributed by atoms with Gasteiger partial charge in [-0.05, 0) is 22.2 Å². The van der Waals surface area contributed by atoms with Crippen molar-refractivity contribution in [2.75, 3.05) is 23.9 Å². The zero-order chi connectivity index (χ0) is 10.6. The fourth-order valence-electron chi connectivity index (χ4n) is 0.832. The van der Waals surface area contributed by atoms with Crippen LogP contribution in [0.2, 0.25) is 0 Å². The summed E-state index contributed by atoms with van der Waals surface area (Å²) in [6, 6.07) is 1.67. The molecule has 6 heteroatoms. The summed E-state index contributed by atoms with van der Waals surface area (Å²) in [7, 11) is 0. The molecule has 1 heterocycles. The van der Waals surface area contributed by atoms with Gasteiger partial charge in [0.1, 0.15) is 10.4 Å². The lowest BCUT2D eigenvalue weighted by atomic mass is 10.5. The first-order valence-electron chi connectivity index (χ1n) is 4.18. The Balaban J connectivity index is 2.58. The summed E-state index contributed by atoms with van der Waals surface area (Å²) in [6.45, 7) is 2.97. The van der Waals surface area contributed by atoms with Crippen LogP contribution in [0, 0.1) is 0 Å². The van der Waals surface area contributed by atoms with Crippen LogP contribution in [0.4, 0.5) is 11.8 Å². The highest BCUT2D eigenvalue weighted by molar-refractivity contribution is 9.10. The second kappa shape index (κ2) is 5.41. The molecule has 1 unspecified atom stereocenters. The molecule has 0 aliphatic rings. The molecule has 0 aliphatic heterocycles. The zero-order valence-electron chi connectivity index (χ0n) is 8.12. The van der Waals surface area contributed by atoms with Crippen LogP contribution in [0.3, 0.4) is 0 Å². The Morgan fingerprint density at radius 1 is 1.64 bits per heavy atom. The second-order valence-electron chi connectivity index (χ2n) is 2.87. The highest BCUT2D eigenvalue weighted by Gasteiger charge is 2.02. The number of halogens is 1. The Morgan fingerprint density at radius 3 is 2.93 bits per heavy atom. The molecule has 1 aromatic rings. The van der Waals surface area contributed by atoms with Gasteiger partial charge < -0.3 is 11.1 Å². The van der Waals surface area contributed by atoms with Crippen LogP contribution in [0.15, 0.2) is 10.7 Å². The molecule has 3 N–H and O–H groups in total. The summed E-state index contributed by atoms with van der Waals surface area (Å²) in [5.74, 6) is 1.03. The molecule has 0 fully saturated rings. The van der Waals surface area contributed by atoms with Gasteiger partial charge in [0.25, 0.3) is 0 Å². The van der Waals surface area contributed by atoms with Gasteiger partial charge in [0.15, 0.2) is 0 Å². The molecule has 14 heavy (non-hydrogen) atoms. The van der Waals surface area contributed by atoms with Crippen LogP contribution < -0.4 is 11.1 Å². The highest BCUT2D eigenvalue weighted by Crippen LogP contribution is 2.13. The van der Waals surface area contributed by atoms with E-state index in [1.165, 1.54) is 0 Å². The summed E-state index contributed by atoms with van der Waals surface area (Å²) in [5.41, 5.74) is 5.57. The van der Waals surface area contributed by atoms with Crippen LogP contribution >= 0.6 is 27.7 Å². The van der Waals surface area contributed by atoms with Crippen molar-refractivity contribution in [3.8, 4) is 0 Å². The van der Waals surface area contributed by atoms with Gasteiger partial charge in [-0.3, -0.25) is 0 Å². The molecular weight excluding hydrogens is 264 g/mol. The minimum atomic E-state index is 0.464. The van der Waals surface area contributed by atoms with Crippen LogP contribution in [-0.2, 0) is 0 Å². The first-order valence-corrected chi connectivity index (χ1v) is 6.26. The van der Waals surface area contributed by atoms with Crippen LogP contribution in [0.25, 0.3) is 0 Å². The standard InChI is InChI=1S/C8H13BrN4S/c1-5(14-2)4-11-8-12-6(9)3-7(10)13-8/h3,5H,4H2,1-2H3,(H3,10,11,12,13). The number of nitrogen functional groups attached to an aromatic ring is 1. The van der Waals surface area contributed by atoms with Crippen molar-refractivity contribution in [2.45, 2.75) is 12.2 Å². The van der Waals surface area contributed by atoms with E-state index < -0.39 is 0 Å². The molecule has 0 radical (unpaired) electrons. The molecule has 78 valence electrons. The molecule has 0 saturated carbocycles. The zero-order valence-corrected chi connectivity index (χ0v) is 10.5. The maximum atomic E-state index is 5.57. The van der Waals surface area contributed by atoms with Crippen LogP contribution in [0.1, 0.15) is 6.92 Å². The van der Waals surface area contributed by atoms with Gasteiger partial charge in [0, 0.05) is 17.9 Å². The SMILES string of the molecule is CSC(C)CNc1nc(N)cc(Br)n1. The van der Waals surface area contributed by atoms with Gasteiger partial charge in [-0.1, -0.05) is 6.92 Å². The number of nitrogens with two attached hydrogens (primary N) is 1. The Kier molecular flexibility index (Phi) is 4.47. The Morgan fingerprint density at radius 2 is 2.36 bits per heavy atom. The number of hydrogen-bond acceptors (Lipinski definition) is 5. The molecule has 0 aromatic carbocycles. The minimum Gasteiger partial charge on any atom is -0.383 e. The molecular formula is C8H13BrN4S. The first-order chi connectivity index (χ1) is 6.61. The number of aromatic nitrogens is 2. The summed E-state index contributed by atoms with van der Waals surface area (Å²) in [6.07, 6.45) is 2.07. The predicted octanol–water partition coefficient (Wildman–Crippen LogP) is 1.98. The van der Waals surface area contributed by atoms with Crippen molar-refractivity contribution < 1.29 is 0 Å². The van der Waals surface area contributed by atoms with E-state index in [1.54, 1.807) is 17.8 Å². The molecule has 0 saturated heterocycles. The van der Waals surface area contributed by atoms with Gasteiger partial charge in [0.2, 0.25) is 5.95 Å². The lowest BCUT2D eigenvalue weighted by molar-refractivity contribution is 0.970. The van der Waals surface area contributed by atoms with Gasteiger partial charge in [-0.25, -0.2) is 4.98 Å². The molecule has 0 aliphatic carbocycles. The number of nitrogens with one attached hydrogen (secondary N) is 1. The molecule has 0 spiro atoms. The normalized spacial score (nSPS) is 12.5. The van der Waals surface area contributed by atoms with Crippen LogP contribution in [-0.4, -0.2) is 28.0 Å². The Bertz CT molecular complexity index is 287. The summed E-state index contributed by atoms with van der Waals surface area (Å²) < 4.78 is 0.698. The number of thioether (sulfide) groups is 1. The summed E-state index contributed by atoms with van der Waals surface area (Å²) in [5, 5.41) is 3.65. The summed E-state index contributed by atoms with van der Waals surface area (Å²) in [4.78, 5) is 8.20. The molecule has 0 amide bonds. The fraction of sp³-hybridized carbons (Fsp3) is 0.500. The average Bonchev–Trinajstić information content (AvgIpc) is 2.12. The van der Waals surface area contributed by atoms with Crippen molar-refractivity contribution in [2.24, 2.45) is 0 Å². The van der Waals surface area contributed by atoms with Crippen molar-refractivity contribution >= 4 is 39.5 Å². The number of nitrogens with zero attached hydrogens (tertiary/aromatic N) is 2. The van der Waals surface area contributed by atoms with Gasteiger partial charge in [0.05, 0.1) is 0 Å². The topological polar surface area (TPSA) is 63.8 Å². The van der Waals surface area contributed by atoms with E-state index >= 15 is 0 Å². The Labute approximate surface area is 96.2 Å². The summed E-state index contributed by atoms with van der Waals surface area (Å²) >= 11 is 5.05. The fourth-order valence-corrected chi connectivity index (χ4v) is 1.48. The predicted molar refractivity (Wildman–Crippen MR) is 65.6 cm³/mol. The first kappa shape index (κ1) is 11.6. The van der Waals surface area contributed by atoms with E-state index in [4.69, 9.17) is 5.73 Å². The van der Waals surface area contributed by atoms with Crippen molar-refractivity contribution in [3.05, 3.63) is 10.7 Å².